The van der Waals surface area contributed by atoms with Crippen molar-refractivity contribution < 1.29 is 19.7 Å². The van der Waals surface area contributed by atoms with Crippen LogP contribution in [0.3, 0.4) is 0 Å². The monoisotopic (exact) mass is 255 g/mol. The van der Waals surface area contributed by atoms with E-state index in [1.54, 1.807) is 12.1 Å². The first-order valence-electron chi connectivity index (χ1n) is 5.94. The zero-order chi connectivity index (χ0) is 13.5. The zero-order valence-electron chi connectivity index (χ0n) is 11.1. The zero-order valence-corrected chi connectivity index (χ0v) is 11.1. The Morgan fingerprint density at radius 2 is 1.78 bits per heavy atom. The fourth-order valence-electron chi connectivity index (χ4n) is 1.65. The minimum atomic E-state index is -0.00190. The number of rotatable bonds is 7. The van der Waals surface area contributed by atoms with Gasteiger partial charge in [-0.25, -0.2) is 0 Å². The summed E-state index contributed by atoms with van der Waals surface area (Å²) in [7, 11) is 2.99. The fourth-order valence-corrected chi connectivity index (χ4v) is 1.65. The van der Waals surface area contributed by atoms with Crippen LogP contribution in [-0.2, 0) is 6.54 Å². The molecule has 0 aliphatic rings. The van der Waals surface area contributed by atoms with Crippen LogP contribution in [0.2, 0.25) is 0 Å². The Hall–Kier alpha value is -1.46. The molecule has 1 aromatic carbocycles. The molecule has 5 nitrogen and oxygen atoms in total. The van der Waals surface area contributed by atoms with Gasteiger partial charge in [0.15, 0.2) is 11.5 Å². The van der Waals surface area contributed by atoms with Crippen molar-refractivity contribution in [3.63, 3.8) is 0 Å². The summed E-state index contributed by atoms with van der Waals surface area (Å²) in [5.74, 6) is 0.754. The van der Waals surface area contributed by atoms with Gasteiger partial charge in [0, 0.05) is 12.6 Å². The van der Waals surface area contributed by atoms with E-state index in [4.69, 9.17) is 14.6 Å². The number of aromatic hydroxyl groups is 1. The van der Waals surface area contributed by atoms with Crippen LogP contribution in [0.15, 0.2) is 12.1 Å². The average molecular weight is 255 g/mol. The van der Waals surface area contributed by atoms with Gasteiger partial charge in [0.2, 0.25) is 5.75 Å². The standard InChI is InChI=1S/C13H21NO4/c1-4-10(8-15)14-7-9-5-11(17-2)13(16)12(6-9)18-3/h5-6,10,14-16H,4,7-8H2,1-3H3/t10-/m1/s1. The lowest BCUT2D eigenvalue weighted by molar-refractivity contribution is 0.238. The minimum Gasteiger partial charge on any atom is -0.502 e. The molecule has 0 aliphatic carbocycles. The van der Waals surface area contributed by atoms with Crippen LogP contribution in [0, 0.1) is 0 Å². The molecule has 1 rings (SSSR count). The Morgan fingerprint density at radius 3 is 2.17 bits per heavy atom. The van der Waals surface area contributed by atoms with Crippen LogP contribution in [-0.4, -0.2) is 37.1 Å². The van der Waals surface area contributed by atoms with Crippen LogP contribution in [0.4, 0.5) is 0 Å². The van der Waals surface area contributed by atoms with E-state index >= 15 is 0 Å². The van der Waals surface area contributed by atoms with E-state index in [0.717, 1.165) is 12.0 Å². The van der Waals surface area contributed by atoms with Crippen molar-refractivity contribution in [3.05, 3.63) is 17.7 Å². The van der Waals surface area contributed by atoms with Crippen LogP contribution < -0.4 is 14.8 Å². The second-order valence-electron chi connectivity index (χ2n) is 4.02. The third-order valence-electron chi connectivity index (χ3n) is 2.85. The molecular formula is C13H21NO4. The molecule has 1 aromatic rings. The normalized spacial score (nSPS) is 12.2. The third-order valence-corrected chi connectivity index (χ3v) is 2.85. The summed E-state index contributed by atoms with van der Waals surface area (Å²) in [6, 6.07) is 3.56. The van der Waals surface area contributed by atoms with Crippen molar-refractivity contribution in [2.75, 3.05) is 20.8 Å². The second kappa shape index (κ2) is 7.08. The number of phenols is 1. The number of hydrogen-bond donors (Lipinski definition) is 3. The van der Waals surface area contributed by atoms with Crippen LogP contribution in [0.25, 0.3) is 0 Å². The Bertz CT molecular complexity index is 352. The maximum absolute atomic E-state index is 9.77. The highest BCUT2D eigenvalue weighted by molar-refractivity contribution is 5.52. The fraction of sp³-hybridized carbons (Fsp3) is 0.538. The van der Waals surface area contributed by atoms with Crippen molar-refractivity contribution in [1.82, 2.24) is 5.32 Å². The van der Waals surface area contributed by atoms with E-state index in [9.17, 15) is 5.11 Å². The van der Waals surface area contributed by atoms with E-state index in [0.29, 0.717) is 18.0 Å². The topological polar surface area (TPSA) is 71.0 Å². The first-order valence-corrected chi connectivity index (χ1v) is 5.94. The number of aliphatic hydroxyl groups is 1. The number of methoxy groups -OCH3 is 2. The molecule has 3 N–H and O–H groups in total. The molecule has 18 heavy (non-hydrogen) atoms. The van der Waals surface area contributed by atoms with Gasteiger partial charge in [0.25, 0.3) is 0 Å². The molecule has 0 saturated carbocycles. The smallest absolute Gasteiger partial charge is 0.200 e. The van der Waals surface area contributed by atoms with Gasteiger partial charge < -0.3 is 25.0 Å². The van der Waals surface area contributed by atoms with Gasteiger partial charge in [-0.15, -0.1) is 0 Å². The van der Waals surface area contributed by atoms with E-state index < -0.39 is 0 Å². The predicted molar refractivity (Wildman–Crippen MR) is 69.2 cm³/mol. The molecule has 0 spiro atoms. The number of phenolic OH excluding ortho intramolecular Hbond substituents is 1. The highest BCUT2D eigenvalue weighted by Crippen LogP contribution is 2.36. The summed E-state index contributed by atoms with van der Waals surface area (Å²) in [5.41, 5.74) is 0.924. The third kappa shape index (κ3) is 3.51. The Labute approximate surface area is 107 Å². The van der Waals surface area contributed by atoms with Crippen molar-refractivity contribution in [1.29, 1.82) is 0 Å². The van der Waals surface area contributed by atoms with Crippen molar-refractivity contribution in [2.45, 2.75) is 25.9 Å². The summed E-state index contributed by atoms with van der Waals surface area (Å²) in [5, 5.41) is 22.1. The van der Waals surface area contributed by atoms with Crippen molar-refractivity contribution in [2.24, 2.45) is 0 Å². The van der Waals surface area contributed by atoms with Crippen LogP contribution in [0.5, 0.6) is 17.2 Å². The van der Waals surface area contributed by atoms with Gasteiger partial charge in [0.1, 0.15) is 0 Å². The molecule has 5 heteroatoms. The molecule has 1 atom stereocenters. The summed E-state index contributed by atoms with van der Waals surface area (Å²) < 4.78 is 10.2. The lowest BCUT2D eigenvalue weighted by Crippen LogP contribution is -2.31. The molecule has 0 aliphatic heterocycles. The molecule has 0 unspecified atom stereocenters. The Kier molecular flexibility index (Phi) is 5.74. The number of nitrogens with one attached hydrogen (secondary N) is 1. The molecule has 0 bridgehead atoms. The molecule has 0 heterocycles. The number of ether oxygens (including phenoxy) is 2. The van der Waals surface area contributed by atoms with Gasteiger partial charge in [-0.2, -0.15) is 0 Å². The SMILES string of the molecule is CC[C@H](CO)NCc1cc(OC)c(O)c(OC)c1. The van der Waals surface area contributed by atoms with E-state index in [2.05, 4.69) is 5.32 Å². The first-order chi connectivity index (χ1) is 8.65. The Balaban J connectivity index is 2.82. The van der Waals surface area contributed by atoms with Crippen molar-refractivity contribution >= 4 is 0 Å². The lowest BCUT2D eigenvalue weighted by atomic mass is 10.1. The number of benzene rings is 1. The Morgan fingerprint density at radius 1 is 1.22 bits per heavy atom. The summed E-state index contributed by atoms with van der Waals surface area (Å²) in [6.07, 6.45) is 0.850. The van der Waals surface area contributed by atoms with E-state index in [1.807, 2.05) is 6.92 Å². The average Bonchev–Trinajstić information content (AvgIpc) is 2.41. The van der Waals surface area contributed by atoms with Crippen molar-refractivity contribution in [3.8, 4) is 17.2 Å². The number of hydrogen-bond acceptors (Lipinski definition) is 5. The molecule has 0 aromatic heterocycles. The summed E-state index contributed by atoms with van der Waals surface area (Å²) in [6.45, 7) is 2.68. The molecule has 0 amide bonds. The van der Waals surface area contributed by atoms with Gasteiger partial charge in [0.05, 0.1) is 20.8 Å². The maximum Gasteiger partial charge on any atom is 0.200 e. The molecule has 0 fully saturated rings. The van der Waals surface area contributed by atoms with E-state index in [-0.39, 0.29) is 18.4 Å². The largest absolute Gasteiger partial charge is 0.502 e. The van der Waals surface area contributed by atoms with E-state index in [1.165, 1.54) is 14.2 Å². The van der Waals surface area contributed by atoms with Crippen LogP contribution >= 0.6 is 0 Å². The maximum atomic E-state index is 9.77. The number of aliphatic hydroxyl groups excluding tert-OH is 1. The summed E-state index contributed by atoms with van der Waals surface area (Å²) >= 11 is 0. The van der Waals surface area contributed by atoms with Gasteiger partial charge in [-0.3, -0.25) is 0 Å². The quantitative estimate of drug-likeness (QED) is 0.684. The van der Waals surface area contributed by atoms with Gasteiger partial charge in [-0.1, -0.05) is 6.92 Å². The molecule has 0 saturated heterocycles. The first kappa shape index (κ1) is 14.6. The molecule has 102 valence electrons. The minimum absolute atomic E-state index is 0.00190. The second-order valence-corrected chi connectivity index (χ2v) is 4.02. The molecule has 0 radical (unpaired) electrons. The van der Waals surface area contributed by atoms with Gasteiger partial charge >= 0.3 is 0 Å². The predicted octanol–water partition coefficient (Wildman–Crippen LogP) is 1.27. The van der Waals surface area contributed by atoms with Crippen LogP contribution in [0.1, 0.15) is 18.9 Å². The summed E-state index contributed by atoms with van der Waals surface area (Å²) in [4.78, 5) is 0. The lowest BCUT2D eigenvalue weighted by Gasteiger charge is -2.15. The highest BCUT2D eigenvalue weighted by atomic mass is 16.5. The highest BCUT2D eigenvalue weighted by Gasteiger charge is 2.12. The molecular weight excluding hydrogens is 234 g/mol. The van der Waals surface area contributed by atoms with Gasteiger partial charge in [-0.05, 0) is 24.1 Å².